The molecule has 1 saturated heterocycles. The molecule has 1 aromatic carbocycles. The average molecular weight is 488 g/mol. The minimum atomic E-state index is -1.25. The predicted molar refractivity (Wildman–Crippen MR) is 125 cm³/mol. The number of ether oxygens (including phenoxy) is 1. The van der Waals surface area contributed by atoms with Crippen LogP contribution in [0.15, 0.2) is 29.1 Å². The predicted octanol–water partition coefficient (Wildman–Crippen LogP) is 3.07. The fourth-order valence-electron chi connectivity index (χ4n) is 4.98. The molecule has 1 aliphatic heterocycles. The van der Waals surface area contributed by atoms with Crippen molar-refractivity contribution in [3.63, 3.8) is 0 Å². The summed E-state index contributed by atoms with van der Waals surface area (Å²) >= 11 is 5.85. The quantitative estimate of drug-likeness (QED) is 0.510. The van der Waals surface area contributed by atoms with Gasteiger partial charge in [0.1, 0.15) is 11.0 Å². The number of carboxylic acids is 1. The molecular formula is C23H23ClFN5O4. The third-order valence-electron chi connectivity index (χ3n) is 6.72. The maximum Gasteiger partial charge on any atom is 0.356 e. The van der Waals surface area contributed by atoms with E-state index in [9.17, 15) is 19.1 Å². The van der Waals surface area contributed by atoms with E-state index in [1.807, 2.05) is 0 Å². The Morgan fingerprint density at radius 1 is 1.29 bits per heavy atom. The highest BCUT2D eigenvalue weighted by molar-refractivity contribution is 6.29. The van der Waals surface area contributed by atoms with E-state index in [4.69, 9.17) is 21.3 Å². The van der Waals surface area contributed by atoms with E-state index in [0.29, 0.717) is 28.9 Å². The number of hydrogen-bond acceptors (Lipinski definition) is 7. The Morgan fingerprint density at radius 2 is 2.00 bits per heavy atom. The van der Waals surface area contributed by atoms with Crippen molar-refractivity contribution in [3.8, 4) is 0 Å². The zero-order valence-electron chi connectivity index (χ0n) is 18.7. The van der Waals surface area contributed by atoms with Gasteiger partial charge in [0.2, 0.25) is 5.95 Å². The van der Waals surface area contributed by atoms with Gasteiger partial charge in [-0.3, -0.25) is 9.36 Å². The maximum absolute atomic E-state index is 14.6. The lowest BCUT2D eigenvalue weighted by Crippen LogP contribution is -2.33. The first-order chi connectivity index (χ1) is 16.2. The van der Waals surface area contributed by atoms with Crippen molar-refractivity contribution in [2.75, 3.05) is 30.4 Å². The summed E-state index contributed by atoms with van der Waals surface area (Å²) in [5.41, 5.74) is 0.405. The van der Waals surface area contributed by atoms with Crippen molar-refractivity contribution in [2.45, 2.75) is 19.1 Å². The topological polar surface area (TPSA) is 110 Å². The highest BCUT2D eigenvalue weighted by Crippen LogP contribution is 2.48. The summed E-state index contributed by atoms with van der Waals surface area (Å²) in [4.78, 5) is 35.5. The summed E-state index contributed by atoms with van der Waals surface area (Å²) in [5, 5.41) is 12.7. The number of carboxylic acid groups (broad SMARTS) is 1. The molecule has 0 amide bonds. The number of piperidine rings is 1. The Labute approximate surface area is 199 Å². The average Bonchev–Trinajstić information content (AvgIpc) is 3.27. The highest BCUT2D eigenvalue weighted by Gasteiger charge is 2.57. The fourth-order valence-corrected chi connectivity index (χ4v) is 5.13. The number of rotatable bonds is 6. The number of hydrogen-bond donors (Lipinski definition) is 2. The van der Waals surface area contributed by atoms with Crippen LogP contribution in [-0.2, 0) is 11.8 Å². The second kappa shape index (κ2) is 8.21. The number of nitrogens with one attached hydrogen (secondary N) is 1. The van der Waals surface area contributed by atoms with E-state index < -0.39 is 17.8 Å². The summed E-state index contributed by atoms with van der Waals surface area (Å²) in [5.74, 6) is -0.493. The minimum Gasteiger partial charge on any atom is -0.476 e. The van der Waals surface area contributed by atoms with Crippen LogP contribution in [0.3, 0.4) is 0 Å². The number of fused-ring (bicyclic) bond motifs is 2. The van der Waals surface area contributed by atoms with Gasteiger partial charge in [0.05, 0.1) is 28.7 Å². The molecule has 2 N–H and O–H groups in total. The van der Waals surface area contributed by atoms with Crippen molar-refractivity contribution in [1.82, 2.24) is 14.5 Å². The zero-order chi connectivity index (χ0) is 24.3. The van der Waals surface area contributed by atoms with E-state index >= 15 is 0 Å². The lowest BCUT2D eigenvalue weighted by Gasteiger charge is -2.24. The molecule has 1 aliphatic carbocycles. The van der Waals surface area contributed by atoms with E-state index in [0.717, 1.165) is 13.1 Å². The Bertz CT molecular complexity index is 1370. The number of pyridine rings is 1. The van der Waals surface area contributed by atoms with Gasteiger partial charge in [0.25, 0.3) is 5.56 Å². The number of aromatic carboxylic acids is 1. The SMILES string of the molecule is COC1C2CN(c3nc4c(C(C)Nc5ccc(Cl)nc5C(=O)O)cc(F)cc4c(=O)n3C)CC21. The molecule has 2 fully saturated rings. The van der Waals surface area contributed by atoms with Crippen LogP contribution in [-0.4, -0.2) is 51.9 Å². The molecule has 0 radical (unpaired) electrons. The largest absolute Gasteiger partial charge is 0.476 e. The summed E-state index contributed by atoms with van der Waals surface area (Å²) in [6.45, 7) is 3.21. The number of halogens is 2. The molecule has 0 spiro atoms. The summed E-state index contributed by atoms with van der Waals surface area (Å²) in [6.07, 6.45) is 0.249. The van der Waals surface area contributed by atoms with Crippen LogP contribution in [0.5, 0.6) is 0 Å². The molecule has 2 aromatic heterocycles. The number of nitrogens with zero attached hydrogens (tertiary/aromatic N) is 4. The van der Waals surface area contributed by atoms with Crippen molar-refractivity contribution in [3.05, 3.63) is 56.8 Å². The summed E-state index contributed by atoms with van der Waals surface area (Å²) in [7, 11) is 3.34. The number of aromatic nitrogens is 3. The normalized spacial score (nSPS) is 22.0. The molecule has 9 nitrogen and oxygen atoms in total. The molecule has 11 heteroatoms. The molecule has 3 atom stereocenters. The van der Waals surface area contributed by atoms with Crippen LogP contribution in [0.2, 0.25) is 5.15 Å². The maximum atomic E-state index is 14.6. The van der Waals surface area contributed by atoms with Crippen LogP contribution in [0.4, 0.5) is 16.0 Å². The molecule has 3 aromatic rings. The van der Waals surface area contributed by atoms with Crippen LogP contribution in [0.25, 0.3) is 10.9 Å². The van der Waals surface area contributed by atoms with Gasteiger partial charge in [-0.05, 0) is 31.2 Å². The third-order valence-corrected chi connectivity index (χ3v) is 6.93. The first-order valence-electron chi connectivity index (χ1n) is 10.8. The van der Waals surface area contributed by atoms with Crippen LogP contribution in [0, 0.1) is 17.7 Å². The van der Waals surface area contributed by atoms with Crippen molar-refractivity contribution in [1.29, 1.82) is 0 Å². The van der Waals surface area contributed by atoms with Gasteiger partial charge < -0.3 is 20.1 Å². The van der Waals surface area contributed by atoms with Crippen molar-refractivity contribution < 1.29 is 19.0 Å². The molecule has 3 heterocycles. The fraction of sp³-hybridized carbons (Fsp3) is 0.391. The number of carbonyl (C=O) groups is 1. The van der Waals surface area contributed by atoms with E-state index in [-0.39, 0.29) is 33.6 Å². The standard InChI is InChI=1S/C23H23ClFN5O4/c1-10(26-16-4-5-17(24)27-19(16)22(32)33)12-6-11(25)7-13-18(12)28-23(29(2)21(13)31)30-8-14-15(9-30)20(14)34-3/h4-7,10,14-15,20,26H,8-9H2,1-3H3,(H,32,33). The minimum absolute atomic E-state index is 0.0426. The van der Waals surface area contributed by atoms with Crippen molar-refractivity contribution in [2.24, 2.45) is 18.9 Å². The van der Waals surface area contributed by atoms with E-state index in [1.165, 1.54) is 28.8 Å². The smallest absolute Gasteiger partial charge is 0.356 e. The Kier molecular flexibility index (Phi) is 5.44. The second-order valence-corrected chi connectivity index (χ2v) is 9.19. The van der Waals surface area contributed by atoms with Gasteiger partial charge in [-0.2, -0.15) is 0 Å². The molecular weight excluding hydrogens is 465 g/mol. The van der Waals surface area contributed by atoms with Gasteiger partial charge in [0.15, 0.2) is 5.69 Å². The molecule has 178 valence electrons. The second-order valence-electron chi connectivity index (χ2n) is 8.80. The van der Waals surface area contributed by atoms with E-state index in [1.54, 1.807) is 21.1 Å². The Morgan fingerprint density at radius 3 is 2.65 bits per heavy atom. The molecule has 34 heavy (non-hydrogen) atoms. The van der Waals surface area contributed by atoms with Crippen LogP contribution >= 0.6 is 11.6 Å². The number of methoxy groups -OCH3 is 1. The molecule has 1 saturated carbocycles. The van der Waals surface area contributed by atoms with Crippen LogP contribution in [0.1, 0.15) is 29.0 Å². The number of anilines is 2. The molecule has 5 rings (SSSR count). The monoisotopic (exact) mass is 487 g/mol. The van der Waals surface area contributed by atoms with Gasteiger partial charge in [-0.15, -0.1) is 0 Å². The van der Waals surface area contributed by atoms with Crippen molar-refractivity contribution >= 4 is 40.1 Å². The molecule has 2 aliphatic rings. The summed E-state index contributed by atoms with van der Waals surface area (Å²) < 4.78 is 21.5. The molecule has 0 bridgehead atoms. The van der Waals surface area contributed by atoms with Gasteiger partial charge >= 0.3 is 5.97 Å². The lowest BCUT2D eigenvalue weighted by atomic mass is 10.0. The van der Waals surface area contributed by atoms with Crippen LogP contribution < -0.4 is 15.8 Å². The Balaban J connectivity index is 1.56. The van der Waals surface area contributed by atoms with E-state index in [2.05, 4.69) is 15.2 Å². The zero-order valence-corrected chi connectivity index (χ0v) is 19.5. The Hall–Kier alpha value is -3.24. The first kappa shape index (κ1) is 22.5. The molecule has 3 unspecified atom stereocenters. The summed E-state index contributed by atoms with van der Waals surface area (Å²) in [6, 6.07) is 4.86. The third kappa shape index (κ3) is 3.67. The first-order valence-corrected chi connectivity index (χ1v) is 11.2. The number of benzene rings is 1. The van der Waals surface area contributed by atoms with Gasteiger partial charge in [-0.1, -0.05) is 11.6 Å². The van der Waals surface area contributed by atoms with Gasteiger partial charge in [0, 0.05) is 44.6 Å². The highest BCUT2D eigenvalue weighted by atomic mass is 35.5. The lowest BCUT2D eigenvalue weighted by molar-refractivity contribution is 0.0691. The van der Waals surface area contributed by atoms with Gasteiger partial charge in [-0.25, -0.2) is 19.2 Å².